The molecule has 0 saturated carbocycles. The van der Waals surface area contributed by atoms with E-state index in [2.05, 4.69) is 0 Å². The van der Waals surface area contributed by atoms with E-state index in [9.17, 15) is 5.11 Å². The minimum absolute atomic E-state index is 0.584. The van der Waals surface area contributed by atoms with Crippen molar-refractivity contribution in [3.8, 4) is 0 Å². The van der Waals surface area contributed by atoms with Crippen LogP contribution in [0.1, 0.15) is 47.5 Å². The van der Waals surface area contributed by atoms with Crippen molar-refractivity contribution in [1.29, 1.82) is 0 Å². The predicted molar refractivity (Wildman–Crippen MR) is 85.8 cm³/mol. The minimum atomic E-state index is -0.813. The zero-order chi connectivity index (χ0) is 16.4. The Hall–Kier alpha value is -0.835. The van der Waals surface area contributed by atoms with Crippen LogP contribution in [0.5, 0.6) is 0 Å². The summed E-state index contributed by atoms with van der Waals surface area (Å²) in [4.78, 5) is 0. The van der Waals surface area contributed by atoms with Crippen molar-refractivity contribution in [3.05, 3.63) is 29.8 Å². The molecule has 3 nitrogen and oxygen atoms in total. The second-order valence-electron chi connectivity index (χ2n) is 6.52. The normalized spacial score (nSPS) is 20.0. The Labute approximate surface area is 130 Å². The molecule has 1 fully saturated rings. The monoisotopic (exact) mass is 290 g/mol. The van der Waals surface area contributed by atoms with Crippen molar-refractivity contribution in [2.45, 2.75) is 51.7 Å². The molecule has 1 aliphatic heterocycles. The number of aliphatic hydroxyl groups is 1. The highest BCUT2D eigenvalue weighted by Gasteiger charge is 2.32. The largest absolute Gasteiger partial charge is 0.429 e. The number of hydrogen-bond donors (Lipinski definition) is 1. The maximum atomic E-state index is 10.8. The van der Waals surface area contributed by atoms with Crippen LogP contribution in [-0.4, -0.2) is 31.4 Å². The molecule has 0 aliphatic carbocycles. The maximum absolute atomic E-state index is 10.8. The van der Waals surface area contributed by atoms with Crippen molar-refractivity contribution in [3.63, 3.8) is 0 Å². The van der Waals surface area contributed by atoms with Crippen LogP contribution in [0.25, 0.3) is 0 Å². The van der Waals surface area contributed by atoms with Gasteiger partial charge in [0.25, 0.3) is 0 Å². The third-order valence-corrected chi connectivity index (χ3v) is 4.44. The first-order chi connectivity index (χ1) is 10.1. The van der Waals surface area contributed by atoms with E-state index in [0.29, 0.717) is 26.1 Å². The van der Waals surface area contributed by atoms with Gasteiger partial charge in [-0.1, -0.05) is 43.6 Å². The molecule has 0 unspecified atom stereocenters. The SMILES string of the molecule is [2H]C(C)(C)C(C)(C)O[B]c1cccc(C2(O)CCOCC2)c1. The molecule has 1 aromatic carbocycles. The molecular weight excluding hydrogens is 263 g/mol. The van der Waals surface area contributed by atoms with Gasteiger partial charge in [-0.05, 0) is 25.3 Å². The van der Waals surface area contributed by atoms with Crippen LogP contribution in [0.15, 0.2) is 24.3 Å². The van der Waals surface area contributed by atoms with Crippen molar-refractivity contribution in [2.24, 2.45) is 5.89 Å². The van der Waals surface area contributed by atoms with Gasteiger partial charge < -0.3 is 14.5 Å². The summed E-state index contributed by atoms with van der Waals surface area (Å²) in [6.45, 7) is 8.66. The standard InChI is InChI=1S/C17H26BO3/c1-13(2)16(3,4)21-18-15-7-5-6-14(12-15)17(19)8-10-20-11-9-17/h5-7,12-13,19H,8-11H2,1-4H3/i13D. The lowest BCUT2D eigenvalue weighted by Gasteiger charge is -2.33. The number of rotatable bonds is 5. The first kappa shape index (κ1) is 15.1. The van der Waals surface area contributed by atoms with Crippen LogP contribution in [0.2, 0.25) is 0 Å². The first-order valence-electron chi connectivity index (χ1n) is 8.06. The van der Waals surface area contributed by atoms with E-state index in [1.807, 2.05) is 52.0 Å². The molecule has 1 aliphatic rings. The summed E-state index contributed by atoms with van der Waals surface area (Å²) < 4.78 is 19.3. The molecule has 115 valence electrons. The van der Waals surface area contributed by atoms with Gasteiger partial charge in [0.15, 0.2) is 0 Å². The summed E-state index contributed by atoms with van der Waals surface area (Å²) in [5.41, 5.74) is 0.385. The summed E-state index contributed by atoms with van der Waals surface area (Å²) >= 11 is 0. The van der Waals surface area contributed by atoms with E-state index < -0.39 is 17.1 Å². The van der Waals surface area contributed by atoms with Gasteiger partial charge in [-0.3, -0.25) is 0 Å². The van der Waals surface area contributed by atoms with Crippen molar-refractivity contribution in [1.82, 2.24) is 0 Å². The first-order valence-corrected chi connectivity index (χ1v) is 7.56. The average Bonchev–Trinajstić information content (AvgIpc) is 2.45. The molecule has 1 saturated heterocycles. The Kier molecular flexibility index (Phi) is 4.67. The van der Waals surface area contributed by atoms with Gasteiger partial charge >= 0.3 is 7.48 Å². The van der Waals surface area contributed by atoms with Crippen LogP contribution in [0.3, 0.4) is 0 Å². The summed E-state index contributed by atoms with van der Waals surface area (Å²) in [5, 5.41) is 10.8. The molecule has 0 atom stereocenters. The van der Waals surface area contributed by atoms with Gasteiger partial charge in [-0.25, -0.2) is 0 Å². The fourth-order valence-electron chi connectivity index (χ4n) is 2.23. The molecule has 1 aromatic rings. The predicted octanol–water partition coefficient (Wildman–Crippen LogP) is 2.38. The zero-order valence-electron chi connectivity index (χ0n) is 14.5. The Bertz CT molecular complexity index is 505. The number of ether oxygens (including phenoxy) is 1. The lowest BCUT2D eigenvalue weighted by Crippen LogP contribution is -2.37. The highest BCUT2D eigenvalue weighted by Crippen LogP contribution is 2.31. The van der Waals surface area contributed by atoms with Gasteiger partial charge in [0.05, 0.1) is 5.60 Å². The fourth-order valence-corrected chi connectivity index (χ4v) is 2.23. The Morgan fingerprint density at radius 1 is 1.38 bits per heavy atom. The van der Waals surface area contributed by atoms with Crippen LogP contribution in [-0.2, 0) is 15.0 Å². The molecule has 0 amide bonds. The topological polar surface area (TPSA) is 38.7 Å². The average molecular weight is 290 g/mol. The summed E-state index contributed by atoms with van der Waals surface area (Å²) in [5.74, 6) is -0.708. The number of hydrogen-bond acceptors (Lipinski definition) is 3. The van der Waals surface area contributed by atoms with Crippen LogP contribution < -0.4 is 5.46 Å². The summed E-state index contributed by atoms with van der Waals surface area (Å²) in [6, 6.07) is 7.77. The van der Waals surface area contributed by atoms with E-state index in [1.165, 1.54) is 0 Å². The highest BCUT2D eigenvalue weighted by molar-refractivity contribution is 6.47. The van der Waals surface area contributed by atoms with Crippen LogP contribution in [0.4, 0.5) is 0 Å². The van der Waals surface area contributed by atoms with Crippen molar-refractivity contribution >= 4 is 12.9 Å². The molecule has 4 heteroatoms. The fraction of sp³-hybridized carbons (Fsp3) is 0.647. The van der Waals surface area contributed by atoms with Gasteiger partial charge in [0, 0.05) is 33.0 Å². The van der Waals surface area contributed by atoms with Gasteiger partial charge in [0.1, 0.15) is 0 Å². The Morgan fingerprint density at radius 3 is 2.67 bits per heavy atom. The smallest absolute Gasteiger partial charge is 0.330 e. The minimum Gasteiger partial charge on any atom is -0.429 e. The number of benzene rings is 1. The van der Waals surface area contributed by atoms with Crippen molar-refractivity contribution in [2.75, 3.05) is 13.2 Å². The van der Waals surface area contributed by atoms with Gasteiger partial charge in [0.2, 0.25) is 0 Å². The molecule has 1 radical (unpaired) electrons. The van der Waals surface area contributed by atoms with E-state index in [1.54, 1.807) is 7.48 Å². The Morgan fingerprint density at radius 2 is 2.05 bits per heavy atom. The van der Waals surface area contributed by atoms with E-state index in [4.69, 9.17) is 10.8 Å². The molecule has 0 bridgehead atoms. The third kappa shape index (κ3) is 4.09. The molecule has 1 N–H and O–H groups in total. The second kappa shape index (κ2) is 6.51. The Balaban J connectivity index is 2.09. The van der Waals surface area contributed by atoms with Gasteiger partial charge in [-0.15, -0.1) is 0 Å². The lowest BCUT2D eigenvalue weighted by atomic mass is 9.79. The molecule has 0 spiro atoms. The molecule has 1 heterocycles. The third-order valence-electron chi connectivity index (χ3n) is 4.44. The van der Waals surface area contributed by atoms with E-state index >= 15 is 0 Å². The quantitative estimate of drug-likeness (QED) is 0.846. The van der Waals surface area contributed by atoms with E-state index in [0.717, 1.165) is 11.0 Å². The summed E-state index contributed by atoms with van der Waals surface area (Å²) in [6.07, 6.45) is 1.23. The van der Waals surface area contributed by atoms with Crippen molar-refractivity contribution < 1.29 is 15.9 Å². The van der Waals surface area contributed by atoms with Crippen LogP contribution >= 0.6 is 0 Å². The second-order valence-corrected chi connectivity index (χ2v) is 6.52. The zero-order valence-corrected chi connectivity index (χ0v) is 13.5. The molecule has 2 rings (SSSR count). The summed E-state index contributed by atoms with van der Waals surface area (Å²) in [7, 11) is 1.68. The lowest BCUT2D eigenvalue weighted by molar-refractivity contribution is -0.0678. The maximum Gasteiger partial charge on any atom is 0.330 e. The highest BCUT2D eigenvalue weighted by atomic mass is 16.5. The van der Waals surface area contributed by atoms with Crippen LogP contribution in [0, 0.1) is 5.89 Å². The van der Waals surface area contributed by atoms with Gasteiger partial charge in [-0.2, -0.15) is 0 Å². The molecular formula is C17H26BO3. The van der Waals surface area contributed by atoms with E-state index in [-0.39, 0.29) is 0 Å². The molecule has 21 heavy (non-hydrogen) atoms. The molecule has 0 aromatic heterocycles.